The van der Waals surface area contributed by atoms with Gasteiger partial charge < -0.3 is 11.5 Å². The summed E-state index contributed by atoms with van der Waals surface area (Å²) in [6.45, 7) is 5.30. The minimum atomic E-state index is 0.760. The molecule has 0 bridgehead atoms. The van der Waals surface area contributed by atoms with E-state index in [0.717, 1.165) is 31.2 Å². The first-order valence-electron chi connectivity index (χ1n) is 7.59. The molecule has 0 radical (unpaired) electrons. The fraction of sp³-hybridized carbons (Fsp3) is 0.500. The van der Waals surface area contributed by atoms with Crippen molar-refractivity contribution in [2.24, 2.45) is 17.4 Å². The first kappa shape index (κ1) is 15.0. The van der Waals surface area contributed by atoms with Crippen molar-refractivity contribution in [3.63, 3.8) is 0 Å². The molecule has 1 aromatic carbocycles. The number of benzene rings is 1. The number of aryl methyl sites for hydroxylation is 2. The van der Waals surface area contributed by atoms with E-state index in [1.807, 2.05) is 0 Å². The molecule has 1 aliphatic heterocycles. The second-order valence-electron chi connectivity index (χ2n) is 6.02. The van der Waals surface area contributed by atoms with Crippen molar-refractivity contribution in [1.29, 1.82) is 0 Å². The smallest absolute Gasteiger partial charge is 0.101 e. The van der Waals surface area contributed by atoms with Crippen LogP contribution in [0.2, 0.25) is 6.32 Å². The SMILES string of the molecule is BCCc1ccc(CC2CN(C/C(N)=C/N)C2)c(C)c1. The van der Waals surface area contributed by atoms with Gasteiger partial charge in [0.1, 0.15) is 7.85 Å². The standard InChI is InChI=1S/C16H26BN3/c1-12-6-13(4-5-17)2-3-15(12)7-14-9-20(10-14)11-16(19)8-18/h2-3,6,8,14H,4-5,7,9-11,17-19H2,1H3/b16-8-. The third kappa shape index (κ3) is 3.79. The zero-order valence-electron chi connectivity index (χ0n) is 12.7. The molecule has 0 unspecified atom stereocenters. The van der Waals surface area contributed by atoms with Crippen molar-refractivity contribution < 1.29 is 0 Å². The van der Waals surface area contributed by atoms with Gasteiger partial charge in [-0.3, -0.25) is 4.90 Å². The number of hydrogen-bond donors (Lipinski definition) is 2. The molecule has 0 aromatic heterocycles. The van der Waals surface area contributed by atoms with Gasteiger partial charge in [-0.1, -0.05) is 24.5 Å². The highest BCUT2D eigenvalue weighted by Gasteiger charge is 2.26. The van der Waals surface area contributed by atoms with E-state index in [4.69, 9.17) is 11.5 Å². The number of rotatable bonds is 6. The lowest BCUT2D eigenvalue weighted by atomic mass is 9.88. The minimum Gasteiger partial charge on any atom is -0.403 e. The van der Waals surface area contributed by atoms with E-state index >= 15 is 0 Å². The van der Waals surface area contributed by atoms with E-state index in [-0.39, 0.29) is 0 Å². The summed E-state index contributed by atoms with van der Waals surface area (Å²) in [5, 5.41) is 0. The topological polar surface area (TPSA) is 55.3 Å². The summed E-state index contributed by atoms with van der Waals surface area (Å²) in [6.07, 6.45) is 5.08. The van der Waals surface area contributed by atoms with Gasteiger partial charge in [0.05, 0.1) is 0 Å². The van der Waals surface area contributed by atoms with Crippen molar-refractivity contribution >= 4 is 7.85 Å². The first-order chi connectivity index (χ1) is 9.62. The van der Waals surface area contributed by atoms with Crippen molar-refractivity contribution in [3.8, 4) is 0 Å². The molecule has 20 heavy (non-hydrogen) atoms. The Labute approximate surface area is 123 Å². The largest absolute Gasteiger partial charge is 0.403 e. The van der Waals surface area contributed by atoms with Gasteiger partial charge in [-0.2, -0.15) is 0 Å². The molecule has 1 aromatic rings. The van der Waals surface area contributed by atoms with Gasteiger partial charge in [0.25, 0.3) is 0 Å². The second kappa shape index (κ2) is 6.84. The second-order valence-corrected chi connectivity index (χ2v) is 6.02. The molecule has 0 spiro atoms. The van der Waals surface area contributed by atoms with Gasteiger partial charge >= 0.3 is 0 Å². The Balaban J connectivity index is 1.84. The van der Waals surface area contributed by atoms with Crippen LogP contribution in [0.1, 0.15) is 16.7 Å². The molecule has 1 fully saturated rings. The summed E-state index contributed by atoms with van der Waals surface area (Å²) in [4.78, 5) is 2.35. The first-order valence-corrected chi connectivity index (χ1v) is 7.59. The lowest BCUT2D eigenvalue weighted by Gasteiger charge is -2.39. The monoisotopic (exact) mass is 271 g/mol. The summed E-state index contributed by atoms with van der Waals surface area (Å²) in [6, 6.07) is 6.96. The summed E-state index contributed by atoms with van der Waals surface area (Å²) >= 11 is 0. The van der Waals surface area contributed by atoms with Crippen LogP contribution in [0.4, 0.5) is 0 Å². The quantitative estimate of drug-likeness (QED) is 0.753. The highest BCUT2D eigenvalue weighted by Crippen LogP contribution is 2.23. The molecule has 0 atom stereocenters. The van der Waals surface area contributed by atoms with Crippen molar-refractivity contribution in [2.75, 3.05) is 19.6 Å². The lowest BCUT2D eigenvalue weighted by Crippen LogP contribution is -2.49. The maximum absolute atomic E-state index is 5.75. The van der Waals surface area contributed by atoms with Crippen LogP contribution in [0, 0.1) is 12.8 Å². The van der Waals surface area contributed by atoms with Crippen molar-refractivity contribution in [1.82, 2.24) is 4.90 Å². The Hall–Kier alpha value is -1.42. The molecule has 1 aliphatic rings. The summed E-state index contributed by atoms with van der Waals surface area (Å²) in [7, 11) is 2.23. The van der Waals surface area contributed by atoms with E-state index in [2.05, 4.69) is 37.9 Å². The number of nitrogens with two attached hydrogens (primary N) is 2. The van der Waals surface area contributed by atoms with Gasteiger partial charge in [-0.15, -0.1) is 0 Å². The number of nitrogens with zero attached hydrogens (tertiary/aromatic N) is 1. The van der Waals surface area contributed by atoms with Crippen LogP contribution in [0.5, 0.6) is 0 Å². The molecule has 1 heterocycles. The Kier molecular flexibility index (Phi) is 5.13. The van der Waals surface area contributed by atoms with Crippen LogP contribution in [0.25, 0.3) is 0 Å². The maximum Gasteiger partial charge on any atom is 0.101 e. The molecule has 108 valence electrons. The third-order valence-electron chi connectivity index (χ3n) is 4.11. The Morgan fingerprint density at radius 2 is 2.20 bits per heavy atom. The molecule has 4 N–H and O–H groups in total. The normalized spacial score (nSPS) is 17.1. The predicted octanol–water partition coefficient (Wildman–Crippen LogP) is 0.822. The fourth-order valence-electron chi connectivity index (χ4n) is 2.99. The Bertz CT molecular complexity index is 479. The van der Waals surface area contributed by atoms with Crippen LogP contribution in [0.3, 0.4) is 0 Å². The predicted molar refractivity (Wildman–Crippen MR) is 88.3 cm³/mol. The zero-order chi connectivity index (χ0) is 14.5. The van der Waals surface area contributed by atoms with Crippen molar-refractivity contribution in [3.05, 3.63) is 46.8 Å². The van der Waals surface area contributed by atoms with Crippen LogP contribution >= 0.6 is 0 Å². The van der Waals surface area contributed by atoms with Crippen molar-refractivity contribution in [2.45, 2.75) is 26.1 Å². The van der Waals surface area contributed by atoms with Gasteiger partial charge in [0.15, 0.2) is 0 Å². The van der Waals surface area contributed by atoms with E-state index in [1.54, 1.807) is 0 Å². The Morgan fingerprint density at radius 3 is 2.80 bits per heavy atom. The van der Waals surface area contributed by atoms with E-state index < -0.39 is 0 Å². The molecule has 4 heteroatoms. The van der Waals surface area contributed by atoms with Gasteiger partial charge in [-0.05, 0) is 42.4 Å². The molecule has 0 saturated carbocycles. The molecule has 0 aliphatic carbocycles. The van der Waals surface area contributed by atoms with E-state index in [9.17, 15) is 0 Å². The molecule has 1 saturated heterocycles. The summed E-state index contributed by atoms with van der Waals surface area (Å²) in [5.74, 6) is 0.760. The van der Waals surface area contributed by atoms with Gasteiger partial charge in [-0.25, -0.2) is 0 Å². The molecule has 0 amide bonds. The van der Waals surface area contributed by atoms with Gasteiger partial charge in [0, 0.05) is 31.5 Å². The minimum absolute atomic E-state index is 0.760. The number of likely N-dealkylation sites (tertiary alicyclic amines) is 1. The maximum atomic E-state index is 5.75. The molecular formula is C16H26BN3. The van der Waals surface area contributed by atoms with E-state index in [1.165, 1.54) is 42.1 Å². The van der Waals surface area contributed by atoms with Crippen LogP contribution < -0.4 is 11.5 Å². The average molecular weight is 271 g/mol. The fourth-order valence-corrected chi connectivity index (χ4v) is 2.99. The van der Waals surface area contributed by atoms with Crippen LogP contribution in [-0.2, 0) is 12.8 Å². The lowest BCUT2D eigenvalue weighted by molar-refractivity contribution is 0.112. The third-order valence-corrected chi connectivity index (χ3v) is 4.11. The molecule has 2 rings (SSSR count). The zero-order valence-corrected chi connectivity index (χ0v) is 12.7. The van der Waals surface area contributed by atoms with Crippen LogP contribution in [-0.4, -0.2) is 32.4 Å². The van der Waals surface area contributed by atoms with Crippen LogP contribution in [0.15, 0.2) is 30.1 Å². The molecule has 3 nitrogen and oxygen atoms in total. The summed E-state index contributed by atoms with van der Waals surface area (Å²) in [5.41, 5.74) is 16.3. The Morgan fingerprint density at radius 1 is 1.45 bits per heavy atom. The highest BCUT2D eigenvalue weighted by molar-refractivity contribution is 6.08. The number of hydrogen-bond acceptors (Lipinski definition) is 3. The van der Waals surface area contributed by atoms with Gasteiger partial charge in [0.2, 0.25) is 0 Å². The summed E-state index contributed by atoms with van der Waals surface area (Å²) < 4.78 is 0. The average Bonchev–Trinajstić information content (AvgIpc) is 2.38. The molecular weight excluding hydrogens is 245 g/mol. The highest BCUT2D eigenvalue weighted by atomic mass is 15.2. The van der Waals surface area contributed by atoms with E-state index in [0.29, 0.717) is 0 Å².